The number of benzene rings is 3. The maximum Gasteiger partial charge on any atom is 0.182 e. The molecule has 0 fully saturated rings. The maximum absolute atomic E-state index is 6.22. The molecule has 0 amide bonds. The summed E-state index contributed by atoms with van der Waals surface area (Å²) in [6.07, 6.45) is 0. The minimum absolute atomic E-state index is 0.426. The van der Waals surface area contributed by atoms with Crippen molar-refractivity contribution >= 4 is 23.2 Å². The number of tetrazole rings is 1. The van der Waals surface area contributed by atoms with Gasteiger partial charge in [0.2, 0.25) is 0 Å². The fraction of sp³-hybridized carbons (Fsp3) is 0.0952. The van der Waals surface area contributed by atoms with Crippen molar-refractivity contribution in [3.05, 3.63) is 94.0 Å². The Morgan fingerprint density at radius 3 is 2.39 bits per heavy atom. The van der Waals surface area contributed by atoms with Crippen molar-refractivity contribution in [1.29, 1.82) is 0 Å². The molecule has 0 N–H and O–H groups in total. The zero-order valence-electron chi connectivity index (χ0n) is 14.8. The first kappa shape index (κ1) is 18.5. The maximum atomic E-state index is 6.22. The summed E-state index contributed by atoms with van der Waals surface area (Å²) in [6.45, 7) is 0.894. The molecular weight excluding hydrogens is 395 g/mol. The molecule has 7 heteroatoms. The Balaban J connectivity index is 1.59. The van der Waals surface area contributed by atoms with Crippen LogP contribution in [0.2, 0.25) is 10.0 Å². The van der Waals surface area contributed by atoms with E-state index >= 15 is 0 Å². The van der Waals surface area contributed by atoms with Gasteiger partial charge in [-0.1, -0.05) is 53.5 Å². The molecule has 0 saturated heterocycles. The van der Waals surface area contributed by atoms with Gasteiger partial charge < -0.3 is 4.74 Å². The quantitative estimate of drug-likeness (QED) is 0.434. The standard InChI is InChI=1S/C21H16Cl2N4O/c22-18-8-6-16(7-9-18)21-24-25-26-27(21)13-17-12-19(23)10-11-20(17)28-14-15-4-2-1-3-5-15/h1-12H,13-14H2. The first-order valence-electron chi connectivity index (χ1n) is 8.66. The highest BCUT2D eigenvalue weighted by atomic mass is 35.5. The van der Waals surface area contributed by atoms with E-state index in [1.54, 1.807) is 4.68 Å². The van der Waals surface area contributed by atoms with Gasteiger partial charge in [0.05, 0.1) is 6.54 Å². The molecule has 1 aromatic heterocycles. The van der Waals surface area contributed by atoms with Gasteiger partial charge in [0.25, 0.3) is 0 Å². The van der Waals surface area contributed by atoms with Crippen molar-refractivity contribution in [3.8, 4) is 17.1 Å². The van der Waals surface area contributed by atoms with Gasteiger partial charge in [-0.15, -0.1) is 5.10 Å². The number of ether oxygens (including phenoxy) is 1. The zero-order chi connectivity index (χ0) is 19.3. The summed E-state index contributed by atoms with van der Waals surface area (Å²) in [7, 11) is 0. The predicted octanol–water partition coefficient (Wildman–Crippen LogP) is 5.27. The fourth-order valence-corrected chi connectivity index (χ4v) is 3.15. The summed E-state index contributed by atoms with van der Waals surface area (Å²) in [5.41, 5.74) is 2.86. The summed E-state index contributed by atoms with van der Waals surface area (Å²) >= 11 is 12.2. The van der Waals surface area contributed by atoms with E-state index in [0.717, 1.165) is 22.4 Å². The Morgan fingerprint density at radius 1 is 0.857 bits per heavy atom. The number of hydrogen-bond donors (Lipinski definition) is 0. The average Bonchev–Trinajstić information content (AvgIpc) is 3.17. The van der Waals surface area contributed by atoms with Gasteiger partial charge in [-0.25, -0.2) is 4.68 Å². The molecule has 3 aromatic carbocycles. The van der Waals surface area contributed by atoms with Crippen LogP contribution < -0.4 is 4.74 Å². The summed E-state index contributed by atoms with van der Waals surface area (Å²) in [5.74, 6) is 1.39. The minimum Gasteiger partial charge on any atom is -0.489 e. The van der Waals surface area contributed by atoms with Gasteiger partial charge in [-0.2, -0.15) is 0 Å². The third-order valence-corrected chi connectivity index (χ3v) is 4.70. The van der Waals surface area contributed by atoms with Gasteiger partial charge in [0.1, 0.15) is 12.4 Å². The molecule has 28 heavy (non-hydrogen) atoms. The summed E-state index contributed by atoms with van der Waals surface area (Å²) in [5, 5.41) is 13.4. The van der Waals surface area contributed by atoms with E-state index in [-0.39, 0.29) is 0 Å². The lowest BCUT2D eigenvalue weighted by Gasteiger charge is -2.13. The lowest BCUT2D eigenvalue weighted by atomic mass is 10.1. The van der Waals surface area contributed by atoms with E-state index in [9.17, 15) is 0 Å². The van der Waals surface area contributed by atoms with E-state index < -0.39 is 0 Å². The molecule has 0 saturated carbocycles. The molecule has 1 heterocycles. The zero-order valence-corrected chi connectivity index (χ0v) is 16.3. The van der Waals surface area contributed by atoms with Crippen molar-refractivity contribution in [2.24, 2.45) is 0 Å². The topological polar surface area (TPSA) is 52.8 Å². The van der Waals surface area contributed by atoms with Crippen LogP contribution in [0.1, 0.15) is 11.1 Å². The fourth-order valence-electron chi connectivity index (χ4n) is 2.83. The van der Waals surface area contributed by atoms with Gasteiger partial charge in [-0.05, 0) is 58.5 Å². The molecule has 0 aliphatic heterocycles. The van der Waals surface area contributed by atoms with Crippen LogP contribution in [-0.2, 0) is 13.2 Å². The lowest BCUT2D eigenvalue weighted by Crippen LogP contribution is -2.07. The van der Waals surface area contributed by atoms with Crippen molar-refractivity contribution in [2.45, 2.75) is 13.2 Å². The third-order valence-electron chi connectivity index (χ3n) is 4.21. The second-order valence-corrected chi connectivity index (χ2v) is 7.07. The molecule has 140 valence electrons. The Hall–Kier alpha value is -2.89. The number of aromatic nitrogens is 4. The molecule has 4 aromatic rings. The molecular formula is C21H16Cl2N4O. The van der Waals surface area contributed by atoms with E-state index in [2.05, 4.69) is 15.5 Å². The monoisotopic (exact) mass is 410 g/mol. The van der Waals surface area contributed by atoms with Crippen LogP contribution >= 0.6 is 23.2 Å². The highest BCUT2D eigenvalue weighted by Gasteiger charge is 2.13. The van der Waals surface area contributed by atoms with Crippen molar-refractivity contribution in [3.63, 3.8) is 0 Å². The van der Waals surface area contributed by atoms with Crippen LogP contribution in [0.4, 0.5) is 0 Å². The molecule has 0 atom stereocenters. The van der Waals surface area contributed by atoms with E-state index in [0.29, 0.717) is 29.0 Å². The van der Waals surface area contributed by atoms with Crippen molar-refractivity contribution < 1.29 is 4.74 Å². The van der Waals surface area contributed by atoms with E-state index in [1.807, 2.05) is 72.8 Å². The van der Waals surface area contributed by atoms with Crippen LogP contribution in [0.15, 0.2) is 72.8 Å². The Kier molecular flexibility index (Phi) is 5.55. The summed E-state index contributed by atoms with van der Waals surface area (Å²) in [6, 6.07) is 22.9. The van der Waals surface area contributed by atoms with Crippen LogP contribution in [0, 0.1) is 0 Å². The number of rotatable bonds is 6. The molecule has 5 nitrogen and oxygen atoms in total. The number of halogens is 2. The van der Waals surface area contributed by atoms with E-state index in [4.69, 9.17) is 27.9 Å². The smallest absolute Gasteiger partial charge is 0.182 e. The van der Waals surface area contributed by atoms with Crippen LogP contribution in [-0.4, -0.2) is 20.2 Å². The molecule has 0 bridgehead atoms. The first-order chi connectivity index (χ1) is 13.7. The Bertz CT molecular complexity index is 1070. The largest absolute Gasteiger partial charge is 0.489 e. The molecule has 0 aliphatic carbocycles. The second kappa shape index (κ2) is 8.42. The highest BCUT2D eigenvalue weighted by molar-refractivity contribution is 6.30. The Morgan fingerprint density at radius 2 is 1.61 bits per heavy atom. The van der Waals surface area contributed by atoms with Crippen LogP contribution in [0.25, 0.3) is 11.4 Å². The SMILES string of the molecule is Clc1ccc(-c2nnnn2Cc2cc(Cl)ccc2OCc2ccccc2)cc1. The van der Waals surface area contributed by atoms with Gasteiger partial charge in [-0.3, -0.25) is 0 Å². The summed E-state index contributed by atoms with van der Waals surface area (Å²) < 4.78 is 7.74. The van der Waals surface area contributed by atoms with Crippen LogP contribution in [0.5, 0.6) is 5.75 Å². The molecule has 0 aliphatic rings. The minimum atomic E-state index is 0.426. The normalized spacial score (nSPS) is 10.8. The van der Waals surface area contributed by atoms with Crippen LogP contribution in [0.3, 0.4) is 0 Å². The average molecular weight is 411 g/mol. The van der Waals surface area contributed by atoms with Gasteiger partial charge in [0.15, 0.2) is 5.82 Å². The number of nitrogens with zero attached hydrogens (tertiary/aromatic N) is 4. The second-order valence-electron chi connectivity index (χ2n) is 6.19. The van der Waals surface area contributed by atoms with Crippen molar-refractivity contribution in [1.82, 2.24) is 20.2 Å². The summed E-state index contributed by atoms with van der Waals surface area (Å²) in [4.78, 5) is 0. The molecule has 0 radical (unpaired) electrons. The number of hydrogen-bond acceptors (Lipinski definition) is 4. The van der Waals surface area contributed by atoms with E-state index in [1.165, 1.54) is 0 Å². The Labute approximate surface area is 172 Å². The first-order valence-corrected chi connectivity index (χ1v) is 9.42. The van der Waals surface area contributed by atoms with Gasteiger partial charge >= 0.3 is 0 Å². The lowest BCUT2D eigenvalue weighted by molar-refractivity contribution is 0.302. The molecule has 0 spiro atoms. The predicted molar refractivity (Wildman–Crippen MR) is 110 cm³/mol. The van der Waals surface area contributed by atoms with Gasteiger partial charge in [0, 0.05) is 21.2 Å². The van der Waals surface area contributed by atoms with Crippen molar-refractivity contribution in [2.75, 3.05) is 0 Å². The molecule has 0 unspecified atom stereocenters. The highest BCUT2D eigenvalue weighted by Crippen LogP contribution is 2.26. The third kappa shape index (κ3) is 4.32. The molecule has 4 rings (SSSR count).